The number of halogens is 2. The van der Waals surface area contributed by atoms with E-state index in [2.05, 4.69) is 0 Å². The molecule has 0 unspecified atom stereocenters. The van der Waals surface area contributed by atoms with Crippen LogP contribution in [0, 0.1) is 0 Å². The highest BCUT2D eigenvalue weighted by Crippen LogP contribution is 2.48. The fraction of sp³-hybridized carbons (Fsp3) is 0.143. The molecule has 2 rings (SSSR count). The quantitative estimate of drug-likeness (QED) is 0.648. The smallest absolute Gasteiger partial charge is 0.0554 e. The summed E-state index contributed by atoms with van der Waals surface area (Å²) in [5, 5.41) is 2.66. The lowest BCUT2D eigenvalue weighted by Crippen LogP contribution is -1.74. The Kier molecular flexibility index (Phi) is 2.28. The van der Waals surface area contributed by atoms with Gasteiger partial charge in [-0.25, -0.2) is 0 Å². The van der Waals surface area contributed by atoms with Crippen molar-refractivity contribution < 1.29 is 0 Å². The highest BCUT2D eigenvalue weighted by molar-refractivity contribution is 8.18. The highest BCUT2D eigenvalue weighted by Gasteiger charge is 2.17. The van der Waals surface area contributed by atoms with E-state index in [1.807, 2.05) is 12.1 Å². The highest BCUT2D eigenvalue weighted by atomic mass is 35.5. The Balaban J connectivity index is 2.64. The van der Waals surface area contributed by atoms with E-state index in [0.717, 1.165) is 24.9 Å². The van der Waals surface area contributed by atoms with Crippen molar-refractivity contribution in [2.45, 2.75) is 9.79 Å². The van der Waals surface area contributed by atoms with Gasteiger partial charge in [0.1, 0.15) is 0 Å². The number of benzene rings is 1. The zero-order valence-electron chi connectivity index (χ0n) is 5.43. The van der Waals surface area contributed by atoms with Crippen molar-refractivity contribution in [1.82, 2.24) is 0 Å². The van der Waals surface area contributed by atoms with E-state index in [1.54, 1.807) is 23.5 Å². The molecule has 0 saturated carbocycles. The number of rotatable bonds is 0. The van der Waals surface area contributed by atoms with Crippen LogP contribution in [0.4, 0.5) is 0 Å². The molecule has 0 bridgehead atoms. The SMILES string of the molecule is Clc1ccc(Cl)c2c1SCS2. The summed E-state index contributed by atoms with van der Waals surface area (Å²) in [6.45, 7) is 0. The maximum Gasteiger partial charge on any atom is 0.0554 e. The maximum atomic E-state index is 5.95. The second-order valence-electron chi connectivity index (χ2n) is 2.09. The van der Waals surface area contributed by atoms with Crippen LogP contribution in [0.3, 0.4) is 0 Å². The zero-order valence-corrected chi connectivity index (χ0v) is 8.58. The normalized spacial score (nSPS) is 15.1. The van der Waals surface area contributed by atoms with Crippen molar-refractivity contribution in [3.8, 4) is 0 Å². The molecular weight excluding hydrogens is 219 g/mol. The standard InChI is InChI=1S/C7H4Cl2S2/c8-4-1-2-5(9)7-6(4)10-3-11-7/h1-2H,3H2. The minimum atomic E-state index is 0.819. The Morgan fingerprint density at radius 3 is 1.91 bits per heavy atom. The van der Waals surface area contributed by atoms with E-state index in [9.17, 15) is 0 Å². The number of hydrogen-bond donors (Lipinski definition) is 0. The molecule has 0 spiro atoms. The Labute approximate surface area is 83.6 Å². The summed E-state index contributed by atoms with van der Waals surface area (Å²) in [7, 11) is 0. The topological polar surface area (TPSA) is 0 Å². The monoisotopic (exact) mass is 222 g/mol. The first-order chi connectivity index (χ1) is 5.29. The molecular formula is C7H4Cl2S2. The molecule has 1 aliphatic rings. The first-order valence-corrected chi connectivity index (χ1v) is 5.75. The van der Waals surface area contributed by atoms with Crippen LogP contribution in [0.2, 0.25) is 10.0 Å². The van der Waals surface area contributed by atoms with E-state index in [4.69, 9.17) is 23.2 Å². The van der Waals surface area contributed by atoms with E-state index in [0.29, 0.717) is 0 Å². The molecule has 0 saturated heterocycles. The van der Waals surface area contributed by atoms with Crippen LogP contribution in [0.15, 0.2) is 21.9 Å². The van der Waals surface area contributed by atoms with Gasteiger partial charge in [0, 0.05) is 14.9 Å². The third-order valence-electron chi connectivity index (χ3n) is 1.42. The Bertz CT molecular complexity index is 270. The lowest BCUT2D eigenvalue weighted by molar-refractivity contribution is 1.27. The van der Waals surface area contributed by atoms with Crippen molar-refractivity contribution in [2.24, 2.45) is 0 Å². The molecule has 0 nitrogen and oxygen atoms in total. The third-order valence-corrected chi connectivity index (χ3v) is 4.77. The third kappa shape index (κ3) is 1.37. The summed E-state index contributed by atoms with van der Waals surface area (Å²) in [5.74, 6) is 0. The van der Waals surface area contributed by atoms with Crippen LogP contribution >= 0.6 is 46.7 Å². The van der Waals surface area contributed by atoms with Crippen molar-refractivity contribution >= 4 is 46.7 Å². The fourth-order valence-electron chi connectivity index (χ4n) is 0.931. The summed E-state index contributed by atoms with van der Waals surface area (Å²) in [4.78, 5) is 2.29. The largest absolute Gasteiger partial charge is 0.112 e. The van der Waals surface area contributed by atoms with Crippen LogP contribution in [-0.2, 0) is 0 Å². The average molecular weight is 223 g/mol. The summed E-state index contributed by atoms with van der Waals surface area (Å²) >= 11 is 15.4. The van der Waals surface area contributed by atoms with Gasteiger partial charge in [-0.1, -0.05) is 23.2 Å². The molecule has 0 amide bonds. The van der Waals surface area contributed by atoms with E-state index in [1.165, 1.54) is 0 Å². The van der Waals surface area contributed by atoms with Gasteiger partial charge in [-0.05, 0) is 12.1 Å². The molecule has 1 aliphatic heterocycles. The van der Waals surface area contributed by atoms with Crippen LogP contribution < -0.4 is 0 Å². The van der Waals surface area contributed by atoms with E-state index in [-0.39, 0.29) is 0 Å². The molecule has 1 heterocycles. The van der Waals surface area contributed by atoms with Crippen LogP contribution in [0.5, 0.6) is 0 Å². The first-order valence-electron chi connectivity index (χ1n) is 3.02. The van der Waals surface area contributed by atoms with Crippen LogP contribution in [0.25, 0.3) is 0 Å². The summed E-state index contributed by atoms with van der Waals surface area (Å²) < 4.78 is 0. The van der Waals surface area contributed by atoms with Gasteiger partial charge in [0.25, 0.3) is 0 Å². The summed E-state index contributed by atoms with van der Waals surface area (Å²) in [6.07, 6.45) is 0. The fourth-order valence-corrected chi connectivity index (χ4v) is 4.11. The number of thioether (sulfide) groups is 2. The Morgan fingerprint density at radius 1 is 1.00 bits per heavy atom. The minimum absolute atomic E-state index is 0.819. The molecule has 1 aromatic rings. The van der Waals surface area contributed by atoms with Crippen molar-refractivity contribution in [1.29, 1.82) is 0 Å². The Hall–Kier alpha value is 0.500. The summed E-state index contributed by atoms with van der Waals surface area (Å²) in [5.41, 5.74) is 0. The average Bonchev–Trinajstić information content (AvgIpc) is 2.45. The molecule has 58 valence electrons. The Morgan fingerprint density at radius 2 is 1.45 bits per heavy atom. The minimum Gasteiger partial charge on any atom is -0.112 e. The molecule has 0 aliphatic carbocycles. The predicted octanol–water partition coefficient (Wildman–Crippen LogP) is 4.15. The molecule has 1 aromatic carbocycles. The second kappa shape index (κ2) is 3.09. The molecule has 4 heteroatoms. The van der Waals surface area contributed by atoms with Gasteiger partial charge in [0.15, 0.2) is 0 Å². The molecule has 0 atom stereocenters. The molecule has 0 aromatic heterocycles. The zero-order chi connectivity index (χ0) is 7.84. The van der Waals surface area contributed by atoms with Crippen molar-refractivity contribution in [3.63, 3.8) is 0 Å². The van der Waals surface area contributed by atoms with Gasteiger partial charge in [0.05, 0.1) is 10.0 Å². The maximum absolute atomic E-state index is 5.95. The predicted molar refractivity (Wildman–Crippen MR) is 53.0 cm³/mol. The van der Waals surface area contributed by atoms with Gasteiger partial charge in [-0.15, -0.1) is 23.5 Å². The van der Waals surface area contributed by atoms with E-state index < -0.39 is 0 Å². The lowest BCUT2D eigenvalue weighted by atomic mass is 10.3. The molecule has 0 fully saturated rings. The summed E-state index contributed by atoms with van der Waals surface area (Å²) in [6, 6.07) is 3.70. The van der Waals surface area contributed by atoms with Crippen molar-refractivity contribution in [3.05, 3.63) is 22.2 Å². The lowest BCUT2D eigenvalue weighted by Gasteiger charge is -2.00. The van der Waals surface area contributed by atoms with Gasteiger partial charge in [0.2, 0.25) is 0 Å². The second-order valence-corrected chi connectivity index (χ2v) is 5.25. The van der Waals surface area contributed by atoms with Gasteiger partial charge < -0.3 is 0 Å². The van der Waals surface area contributed by atoms with Crippen LogP contribution in [0.1, 0.15) is 0 Å². The molecule has 0 radical (unpaired) electrons. The van der Waals surface area contributed by atoms with Gasteiger partial charge >= 0.3 is 0 Å². The molecule has 11 heavy (non-hydrogen) atoms. The van der Waals surface area contributed by atoms with Crippen molar-refractivity contribution in [2.75, 3.05) is 5.08 Å². The number of hydrogen-bond acceptors (Lipinski definition) is 2. The first kappa shape index (κ1) is 8.11. The van der Waals surface area contributed by atoms with Crippen LogP contribution in [-0.4, -0.2) is 5.08 Å². The van der Waals surface area contributed by atoms with E-state index >= 15 is 0 Å². The number of fused-ring (bicyclic) bond motifs is 1. The molecule has 0 N–H and O–H groups in total. The van der Waals surface area contributed by atoms with Gasteiger partial charge in [-0.3, -0.25) is 0 Å². The van der Waals surface area contributed by atoms with Gasteiger partial charge in [-0.2, -0.15) is 0 Å².